The van der Waals surface area contributed by atoms with Crippen LogP contribution in [0.4, 0.5) is 10.1 Å². The molecule has 1 atom stereocenters. The van der Waals surface area contributed by atoms with Gasteiger partial charge in [-0.1, -0.05) is 11.6 Å². The molecular weight excluding hydrogens is 363 g/mol. The van der Waals surface area contributed by atoms with Crippen molar-refractivity contribution in [1.82, 2.24) is 5.32 Å². The maximum atomic E-state index is 14.4. The van der Waals surface area contributed by atoms with Crippen LogP contribution in [0.3, 0.4) is 0 Å². The minimum absolute atomic E-state index is 0.194. The van der Waals surface area contributed by atoms with E-state index >= 15 is 0 Å². The number of benzene rings is 2. The van der Waals surface area contributed by atoms with Crippen LogP contribution in [0.25, 0.3) is 0 Å². The molecule has 1 unspecified atom stereocenters. The van der Waals surface area contributed by atoms with Crippen molar-refractivity contribution in [3.05, 3.63) is 46.2 Å². The van der Waals surface area contributed by atoms with Crippen LogP contribution in [0.2, 0.25) is 5.02 Å². The van der Waals surface area contributed by atoms with Gasteiger partial charge in [-0.05, 0) is 19.1 Å². The Kier molecular flexibility index (Phi) is 6.15. The highest BCUT2D eigenvalue weighted by atomic mass is 35.5. The van der Waals surface area contributed by atoms with E-state index in [9.17, 15) is 9.18 Å². The van der Waals surface area contributed by atoms with E-state index in [-0.39, 0.29) is 27.6 Å². The molecule has 0 aliphatic heterocycles. The van der Waals surface area contributed by atoms with E-state index < -0.39 is 17.8 Å². The summed E-state index contributed by atoms with van der Waals surface area (Å²) in [6.45, 7) is 1.65. The number of anilines is 1. The lowest BCUT2D eigenvalue weighted by Crippen LogP contribution is -2.27. The Balaban J connectivity index is 2.32. The number of hydrogen-bond acceptors (Lipinski definition) is 5. The smallest absolute Gasteiger partial charge is 0.255 e. The van der Waals surface area contributed by atoms with E-state index in [1.54, 1.807) is 6.92 Å². The van der Waals surface area contributed by atoms with Gasteiger partial charge in [0.15, 0.2) is 11.5 Å². The summed E-state index contributed by atoms with van der Waals surface area (Å²) in [6.07, 6.45) is 0. The molecule has 0 aliphatic carbocycles. The highest BCUT2D eigenvalue weighted by Crippen LogP contribution is 2.33. The van der Waals surface area contributed by atoms with Crippen molar-refractivity contribution in [3.63, 3.8) is 0 Å². The number of halogens is 2. The fourth-order valence-corrected chi connectivity index (χ4v) is 2.63. The third-order valence-corrected chi connectivity index (χ3v) is 4.21. The number of nitrogens with two attached hydrogens (primary N) is 1. The molecule has 26 heavy (non-hydrogen) atoms. The second-order valence-corrected chi connectivity index (χ2v) is 5.91. The van der Waals surface area contributed by atoms with Crippen LogP contribution in [0.1, 0.15) is 28.9 Å². The molecule has 2 aromatic rings. The highest BCUT2D eigenvalue weighted by Gasteiger charge is 2.21. The van der Waals surface area contributed by atoms with E-state index in [0.29, 0.717) is 11.4 Å². The van der Waals surface area contributed by atoms with E-state index in [4.69, 9.17) is 31.5 Å². The van der Waals surface area contributed by atoms with Crippen molar-refractivity contribution < 1.29 is 23.4 Å². The zero-order valence-corrected chi connectivity index (χ0v) is 15.6. The molecule has 0 radical (unpaired) electrons. The number of rotatable bonds is 6. The molecule has 0 heterocycles. The largest absolute Gasteiger partial charge is 0.496 e. The molecule has 0 bridgehead atoms. The maximum Gasteiger partial charge on any atom is 0.255 e. The Labute approximate surface area is 156 Å². The van der Waals surface area contributed by atoms with Gasteiger partial charge in [-0.3, -0.25) is 4.79 Å². The predicted molar refractivity (Wildman–Crippen MR) is 97.8 cm³/mol. The number of hydrogen-bond donors (Lipinski definition) is 2. The molecule has 0 fully saturated rings. The van der Waals surface area contributed by atoms with E-state index in [1.807, 2.05) is 0 Å². The molecule has 6 nitrogen and oxygen atoms in total. The summed E-state index contributed by atoms with van der Waals surface area (Å²) in [7, 11) is 4.28. The van der Waals surface area contributed by atoms with Crippen LogP contribution in [0, 0.1) is 5.82 Å². The van der Waals surface area contributed by atoms with Gasteiger partial charge in [0.2, 0.25) is 0 Å². The van der Waals surface area contributed by atoms with Gasteiger partial charge in [0, 0.05) is 17.7 Å². The first-order valence-electron chi connectivity index (χ1n) is 7.67. The summed E-state index contributed by atoms with van der Waals surface area (Å²) < 4.78 is 29.8. The number of carbonyl (C=O) groups is 1. The Bertz CT molecular complexity index is 829. The Morgan fingerprint density at radius 1 is 1.08 bits per heavy atom. The molecule has 2 rings (SSSR count). The van der Waals surface area contributed by atoms with Crippen molar-refractivity contribution in [2.45, 2.75) is 13.0 Å². The number of ether oxygens (including phenoxy) is 3. The Hall–Kier alpha value is -2.67. The molecule has 0 spiro atoms. The summed E-state index contributed by atoms with van der Waals surface area (Å²) in [4.78, 5) is 12.6. The van der Waals surface area contributed by atoms with Gasteiger partial charge >= 0.3 is 0 Å². The van der Waals surface area contributed by atoms with Crippen molar-refractivity contribution in [2.75, 3.05) is 27.1 Å². The van der Waals surface area contributed by atoms with Crippen LogP contribution in [-0.4, -0.2) is 27.2 Å². The van der Waals surface area contributed by atoms with Gasteiger partial charge in [-0.2, -0.15) is 0 Å². The normalized spacial score (nSPS) is 11.6. The van der Waals surface area contributed by atoms with Crippen LogP contribution < -0.4 is 25.3 Å². The predicted octanol–water partition coefficient (Wildman–Crippen LogP) is 3.58. The number of nitrogen functional groups attached to an aromatic ring is 1. The molecule has 8 heteroatoms. The van der Waals surface area contributed by atoms with Crippen LogP contribution in [0.5, 0.6) is 17.2 Å². The number of nitrogens with one attached hydrogen (secondary N) is 1. The van der Waals surface area contributed by atoms with Gasteiger partial charge < -0.3 is 25.3 Å². The van der Waals surface area contributed by atoms with Crippen molar-refractivity contribution in [2.24, 2.45) is 0 Å². The Morgan fingerprint density at radius 3 is 2.23 bits per heavy atom. The number of carbonyl (C=O) groups excluding carboxylic acids is 1. The molecule has 0 saturated heterocycles. The summed E-state index contributed by atoms with van der Waals surface area (Å²) in [6, 6.07) is 4.90. The average Bonchev–Trinajstić information content (AvgIpc) is 2.62. The lowest BCUT2D eigenvalue weighted by molar-refractivity contribution is 0.0936. The average molecular weight is 383 g/mol. The summed E-state index contributed by atoms with van der Waals surface area (Å²) in [5.41, 5.74) is 6.45. The van der Waals surface area contributed by atoms with Crippen molar-refractivity contribution >= 4 is 23.2 Å². The SMILES string of the molecule is COc1cc(F)c(C(C)NC(=O)c2cc(Cl)c(N)cc2OC)cc1OC. The minimum atomic E-state index is -0.650. The summed E-state index contributed by atoms with van der Waals surface area (Å²) in [5, 5.41) is 2.93. The molecule has 1 amide bonds. The van der Waals surface area contributed by atoms with Crippen LogP contribution in [0.15, 0.2) is 24.3 Å². The number of amides is 1. The van der Waals surface area contributed by atoms with E-state index in [2.05, 4.69) is 5.32 Å². The Morgan fingerprint density at radius 2 is 1.65 bits per heavy atom. The van der Waals surface area contributed by atoms with Gasteiger partial charge in [-0.25, -0.2) is 4.39 Å². The van der Waals surface area contributed by atoms with Crippen LogP contribution >= 0.6 is 11.6 Å². The maximum absolute atomic E-state index is 14.4. The second-order valence-electron chi connectivity index (χ2n) is 5.50. The lowest BCUT2D eigenvalue weighted by atomic mass is 10.1. The zero-order chi connectivity index (χ0) is 19.4. The standard InChI is InChI=1S/C18H20ClFN2O4/c1-9(10-6-16(25-3)17(26-4)7-13(10)20)22-18(23)11-5-12(19)14(21)8-15(11)24-2/h5-9H,21H2,1-4H3,(H,22,23). The fourth-order valence-electron chi connectivity index (χ4n) is 2.47. The third-order valence-electron chi connectivity index (χ3n) is 3.88. The lowest BCUT2D eigenvalue weighted by Gasteiger charge is -2.18. The third kappa shape index (κ3) is 3.94. The zero-order valence-electron chi connectivity index (χ0n) is 14.9. The highest BCUT2D eigenvalue weighted by molar-refractivity contribution is 6.33. The first-order valence-corrected chi connectivity index (χ1v) is 8.05. The summed E-state index contributed by atoms with van der Waals surface area (Å²) in [5.74, 6) is -0.120. The summed E-state index contributed by atoms with van der Waals surface area (Å²) >= 11 is 5.99. The monoisotopic (exact) mass is 382 g/mol. The van der Waals surface area contributed by atoms with Gasteiger partial charge in [-0.15, -0.1) is 0 Å². The fraction of sp³-hybridized carbons (Fsp3) is 0.278. The number of methoxy groups -OCH3 is 3. The van der Waals surface area contributed by atoms with Crippen molar-refractivity contribution in [3.8, 4) is 17.2 Å². The van der Waals surface area contributed by atoms with E-state index in [0.717, 1.165) is 0 Å². The van der Waals surface area contributed by atoms with Gasteiger partial charge in [0.05, 0.1) is 43.6 Å². The quantitative estimate of drug-likeness (QED) is 0.746. The van der Waals surface area contributed by atoms with Crippen molar-refractivity contribution in [1.29, 1.82) is 0 Å². The molecule has 0 aliphatic rings. The first-order chi connectivity index (χ1) is 12.3. The van der Waals surface area contributed by atoms with E-state index in [1.165, 1.54) is 45.6 Å². The molecular formula is C18H20ClFN2O4. The minimum Gasteiger partial charge on any atom is -0.496 e. The topological polar surface area (TPSA) is 82.8 Å². The van der Waals surface area contributed by atoms with Crippen LogP contribution in [-0.2, 0) is 0 Å². The first kappa shape index (κ1) is 19.7. The molecule has 2 aromatic carbocycles. The molecule has 3 N–H and O–H groups in total. The molecule has 0 saturated carbocycles. The molecule has 140 valence electrons. The van der Waals surface area contributed by atoms with Gasteiger partial charge in [0.25, 0.3) is 5.91 Å². The van der Waals surface area contributed by atoms with Gasteiger partial charge in [0.1, 0.15) is 11.6 Å². The molecule has 0 aromatic heterocycles. The second kappa shape index (κ2) is 8.14.